The minimum absolute atomic E-state index is 0.157. The van der Waals surface area contributed by atoms with Crippen LogP contribution >= 0.6 is 11.6 Å². The second-order valence-corrected chi connectivity index (χ2v) is 6.92. The quantitative estimate of drug-likeness (QED) is 0.475. The lowest BCUT2D eigenvalue weighted by molar-refractivity contribution is 0.101. The Morgan fingerprint density at radius 1 is 1.00 bits per heavy atom. The van der Waals surface area contributed by atoms with E-state index in [2.05, 4.69) is 0 Å². The van der Waals surface area contributed by atoms with Gasteiger partial charge in [0.05, 0.1) is 12.2 Å². The zero-order valence-corrected chi connectivity index (χ0v) is 16.6. The van der Waals surface area contributed by atoms with Crippen molar-refractivity contribution >= 4 is 23.5 Å². The summed E-state index contributed by atoms with van der Waals surface area (Å²) in [5.41, 5.74) is 2.31. The van der Waals surface area contributed by atoms with E-state index in [1.54, 1.807) is 24.3 Å². The van der Waals surface area contributed by atoms with E-state index in [1.807, 2.05) is 55.5 Å². The third-order valence-electron chi connectivity index (χ3n) is 4.47. The standard InChI is InChI=1S/C24H19ClO4/c1-2-27-21-6-4-3-5-17(21)13-23-24(26)20-12-11-19(14-22(20)29-23)28-15-16-7-9-18(25)10-8-16/h3-14H,2,15H2,1H3/b23-13-. The van der Waals surface area contributed by atoms with Crippen LogP contribution in [0.2, 0.25) is 5.02 Å². The molecule has 0 saturated carbocycles. The van der Waals surface area contributed by atoms with E-state index in [0.717, 1.165) is 11.1 Å². The molecule has 0 saturated heterocycles. The Morgan fingerprint density at radius 2 is 1.79 bits per heavy atom. The SMILES string of the molecule is CCOc1ccccc1/C=C1\Oc2cc(OCc3ccc(Cl)cc3)ccc2C1=O. The summed E-state index contributed by atoms with van der Waals surface area (Å²) in [7, 11) is 0. The van der Waals surface area contributed by atoms with Crippen molar-refractivity contribution < 1.29 is 19.0 Å². The Kier molecular flexibility index (Phi) is 5.54. The summed E-state index contributed by atoms with van der Waals surface area (Å²) < 4.78 is 17.3. The second-order valence-electron chi connectivity index (χ2n) is 6.48. The van der Waals surface area contributed by atoms with Gasteiger partial charge in [-0.2, -0.15) is 0 Å². The van der Waals surface area contributed by atoms with E-state index < -0.39 is 0 Å². The lowest BCUT2D eigenvalue weighted by Crippen LogP contribution is -1.99. The van der Waals surface area contributed by atoms with Gasteiger partial charge in [0.1, 0.15) is 23.9 Å². The van der Waals surface area contributed by atoms with Crippen molar-refractivity contribution in [1.29, 1.82) is 0 Å². The molecule has 29 heavy (non-hydrogen) atoms. The van der Waals surface area contributed by atoms with Crippen LogP contribution in [0.5, 0.6) is 17.2 Å². The molecular formula is C24H19ClO4. The number of Topliss-reactive ketones (excluding diaryl/α,β-unsaturated/α-hetero) is 1. The molecule has 0 amide bonds. The fourth-order valence-corrected chi connectivity index (χ4v) is 3.16. The fourth-order valence-electron chi connectivity index (χ4n) is 3.03. The number of hydrogen-bond acceptors (Lipinski definition) is 4. The normalized spacial score (nSPS) is 13.9. The first-order valence-electron chi connectivity index (χ1n) is 9.31. The van der Waals surface area contributed by atoms with Gasteiger partial charge in [-0.25, -0.2) is 0 Å². The van der Waals surface area contributed by atoms with Crippen molar-refractivity contribution in [2.75, 3.05) is 6.61 Å². The van der Waals surface area contributed by atoms with E-state index in [4.69, 9.17) is 25.8 Å². The van der Waals surface area contributed by atoms with Crippen molar-refractivity contribution in [1.82, 2.24) is 0 Å². The lowest BCUT2D eigenvalue weighted by atomic mass is 10.1. The molecule has 146 valence electrons. The molecule has 1 aliphatic heterocycles. The zero-order chi connectivity index (χ0) is 20.2. The number of rotatable bonds is 6. The monoisotopic (exact) mass is 406 g/mol. The zero-order valence-electron chi connectivity index (χ0n) is 15.9. The number of hydrogen-bond donors (Lipinski definition) is 0. The molecule has 5 heteroatoms. The second kappa shape index (κ2) is 8.41. The highest BCUT2D eigenvalue weighted by Gasteiger charge is 2.28. The molecule has 0 aliphatic carbocycles. The van der Waals surface area contributed by atoms with Crippen LogP contribution in [0.15, 0.2) is 72.5 Å². The highest BCUT2D eigenvalue weighted by atomic mass is 35.5. The van der Waals surface area contributed by atoms with E-state index in [0.29, 0.717) is 41.0 Å². The Hall–Kier alpha value is -3.24. The van der Waals surface area contributed by atoms with Crippen LogP contribution in [-0.2, 0) is 6.61 Å². The van der Waals surface area contributed by atoms with Gasteiger partial charge in [0.2, 0.25) is 5.78 Å². The predicted octanol–water partition coefficient (Wildman–Crippen LogP) is 5.93. The predicted molar refractivity (Wildman–Crippen MR) is 113 cm³/mol. The average molecular weight is 407 g/mol. The molecule has 0 aromatic heterocycles. The van der Waals surface area contributed by atoms with Gasteiger partial charge in [-0.05, 0) is 48.9 Å². The number of ketones is 1. The number of fused-ring (bicyclic) bond motifs is 1. The number of allylic oxidation sites excluding steroid dienone is 1. The number of carbonyl (C=O) groups is 1. The van der Waals surface area contributed by atoms with Gasteiger partial charge in [0.15, 0.2) is 5.76 Å². The maximum absolute atomic E-state index is 12.7. The van der Waals surface area contributed by atoms with Crippen LogP contribution in [-0.4, -0.2) is 12.4 Å². The molecule has 0 fully saturated rings. The largest absolute Gasteiger partial charge is 0.493 e. The van der Waals surface area contributed by atoms with Gasteiger partial charge >= 0.3 is 0 Å². The van der Waals surface area contributed by atoms with Crippen LogP contribution in [0.1, 0.15) is 28.4 Å². The van der Waals surface area contributed by atoms with Crippen LogP contribution in [0.25, 0.3) is 6.08 Å². The molecule has 4 rings (SSSR count). The molecule has 0 unspecified atom stereocenters. The van der Waals surface area contributed by atoms with Gasteiger partial charge < -0.3 is 14.2 Å². The third kappa shape index (κ3) is 4.28. The minimum Gasteiger partial charge on any atom is -0.493 e. The Morgan fingerprint density at radius 3 is 2.59 bits per heavy atom. The van der Waals surface area contributed by atoms with E-state index in [1.165, 1.54) is 0 Å². The van der Waals surface area contributed by atoms with E-state index in [-0.39, 0.29) is 11.5 Å². The summed E-state index contributed by atoms with van der Waals surface area (Å²) >= 11 is 5.90. The third-order valence-corrected chi connectivity index (χ3v) is 4.72. The first-order chi connectivity index (χ1) is 14.1. The van der Waals surface area contributed by atoms with Crippen LogP contribution in [0.4, 0.5) is 0 Å². The summed E-state index contributed by atoms with van der Waals surface area (Å²) in [4.78, 5) is 12.7. The lowest BCUT2D eigenvalue weighted by Gasteiger charge is -2.08. The summed E-state index contributed by atoms with van der Waals surface area (Å²) in [6, 6.07) is 20.2. The summed E-state index contributed by atoms with van der Waals surface area (Å²) in [5, 5.41) is 0.684. The fraction of sp³-hybridized carbons (Fsp3) is 0.125. The van der Waals surface area contributed by atoms with Crippen molar-refractivity contribution in [3.63, 3.8) is 0 Å². The molecule has 0 N–H and O–H groups in total. The molecule has 3 aromatic rings. The molecule has 0 radical (unpaired) electrons. The molecule has 3 aromatic carbocycles. The summed E-state index contributed by atoms with van der Waals surface area (Å²) in [5.74, 6) is 1.94. The van der Waals surface area contributed by atoms with Crippen molar-refractivity contribution in [3.05, 3.63) is 94.2 Å². The van der Waals surface area contributed by atoms with Crippen molar-refractivity contribution in [3.8, 4) is 17.2 Å². The Balaban J connectivity index is 1.52. The molecule has 0 spiro atoms. The van der Waals surface area contributed by atoms with Crippen LogP contribution in [0, 0.1) is 0 Å². The van der Waals surface area contributed by atoms with Gasteiger partial charge in [0, 0.05) is 16.7 Å². The van der Waals surface area contributed by atoms with E-state index in [9.17, 15) is 4.79 Å². The number of carbonyl (C=O) groups excluding carboxylic acids is 1. The number of ether oxygens (including phenoxy) is 3. The van der Waals surface area contributed by atoms with E-state index >= 15 is 0 Å². The Labute approximate surface area is 174 Å². The number of para-hydroxylation sites is 1. The minimum atomic E-state index is -0.157. The van der Waals surface area contributed by atoms with Crippen LogP contribution < -0.4 is 14.2 Å². The highest BCUT2D eigenvalue weighted by molar-refractivity contribution is 6.30. The summed E-state index contributed by atoms with van der Waals surface area (Å²) in [6.07, 6.45) is 1.71. The van der Waals surface area contributed by atoms with Crippen molar-refractivity contribution in [2.45, 2.75) is 13.5 Å². The molecule has 1 heterocycles. The molecule has 0 atom stereocenters. The maximum Gasteiger partial charge on any atom is 0.231 e. The van der Waals surface area contributed by atoms with Gasteiger partial charge in [-0.15, -0.1) is 0 Å². The highest BCUT2D eigenvalue weighted by Crippen LogP contribution is 2.36. The number of halogens is 1. The number of benzene rings is 3. The first kappa shape index (κ1) is 19.1. The summed E-state index contributed by atoms with van der Waals surface area (Å²) in [6.45, 7) is 2.86. The average Bonchev–Trinajstić information content (AvgIpc) is 3.04. The van der Waals surface area contributed by atoms with Gasteiger partial charge in [-0.3, -0.25) is 4.79 Å². The van der Waals surface area contributed by atoms with Crippen LogP contribution in [0.3, 0.4) is 0 Å². The maximum atomic E-state index is 12.7. The molecular weight excluding hydrogens is 388 g/mol. The molecule has 4 nitrogen and oxygen atoms in total. The van der Waals surface area contributed by atoms with Crippen molar-refractivity contribution in [2.24, 2.45) is 0 Å². The Bertz CT molecular complexity index is 1070. The molecule has 1 aliphatic rings. The van der Waals surface area contributed by atoms with Gasteiger partial charge in [0.25, 0.3) is 0 Å². The molecule has 0 bridgehead atoms. The first-order valence-corrected chi connectivity index (χ1v) is 9.69. The smallest absolute Gasteiger partial charge is 0.231 e. The topological polar surface area (TPSA) is 44.8 Å². The van der Waals surface area contributed by atoms with Gasteiger partial charge in [-0.1, -0.05) is 41.9 Å².